The first kappa shape index (κ1) is 21.7. The number of aromatic nitrogens is 1. The van der Waals surface area contributed by atoms with E-state index in [4.69, 9.17) is 9.72 Å². The third-order valence-electron chi connectivity index (χ3n) is 4.20. The largest absolute Gasteiger partial charge is 0.591 e. The molecule has 2 rings (SSSR count). The standard InChI is InChI=1S/C20H31N3O3S/c1-13(23-27(25)19(5,6)7)15-11-14(21-17(24)26-18(2,3)4)12-16(22-15)20(8)9-10-20/h11-12H,9-10H2,1-8H3,(H,21,22,24). The van der Waals surface area contributed by atoms with Gasteiger partial charge in [-0.25, -0.2) is 4.79 Å². The molecule has 1 heterocycles. The molecule has 1 aromatic rings. The molecule has 0 radical (unpaired) electrons. The van der Waals surface area contributed by atoms with Gasteiger partial charge in [0.2, 0.25) is 0 Å². The number of pyridine rings is 1. The third kappa shape index (κ3) is 6.21. The molecule has 1 aromatic heterocycles. The van der Waals surface area contributed by atoms with Gasteiger partial charge >= 0.3 is 6.09 Å². The number of hydrogen-bond acceptors (Lipinski definition) is 5. The summed E-state index contributed by atoms with van der Waals surface area (Å²) in [6.45, 7) is 15.0. The Bertz CT molecular complexity index is 744. The van der Waals surface area contributed by atoms with Crippen LogP contribution in [0.4, 0.5) is 10.5 Å². The van der Waals surface area contributed by atoms with Crippen LogP contribution in [0.5, 0.6) is 0 Å². The predicted octanol–water partition coefficient (Wildman–Crippen LogP) is 4.75. The first-order valence-corrected chi connectivity index (χ1v) is 10.3. The van der Waals surface area contributed by atoms with Crippen molar-refractivity contribution in [3.05, 3.63) is 23.5 Å². The van der Waals surface area contributed by atoms with Crippen LogP contribution in [0.3, 0.4) is 0 Å². The molecule has 1 amide bonds. The molecule has 0 aliphatic heterocycles. The molecule has 27 heavy (non-hydrogen) atoms. The zero-order chi connectivity index (χ0) is 20.6. The molecule has 1 aliphatic rings. The number of amides is 1. The minimum Gasteiger partial charge on any atom is -0.591 e. The van der Waals surface area contributed by atoms with E-state index in [0.717, 1.165) is 18.5 Å². The van der Waals surface area contributed by atoms with Gasteiger partial charge in [0.25, 0.3) is 0 Å². The normalized spacial score (nSPS) is 18.0. The van der Waals surface area contributed by atoms with Gasteiger partial charge in [-0.05, 0) is 73.4 Å². The van der Waals surface area contributed by atoms with Gasteiger partial charge in [-0.2, -0.15) is 0 Å². The highest BCUT2D eigenvalue weighted by molar-refractivity contribution is 7.91. The number of nitrogens with zero attached hydrogens (tertiary/aromatic N) is 2. The van der Waals surface area contributed by atoms with Gasteiger partial charge < -0.3 is 9.29 Å². The summed E-state index contributed by atoms with van der Waals surface area (Å²) < 4.78 is 21.6. The highest BCUT2D eigenvalue weighted by Gasteiger charge is 2.41. The van der Waals surface area contributed by atoms with Gasteiger partial charge in [0, 0.05) is 16.8 Å². The number of carbonyl (C=O) groups excluding carboxylic acids is 1. The first-order valence-electron chi connectivity index (χ1n) is 9.20. The lowest BCUT2D eigenvalue weighted by molar-refractivity contribution is 0.0636. The van der Waals surface area contributed by atoms with Gasteiger partial charge in [0.1, 0.15) is 27.4 Å². The Morgan fingerprint density at radius 1 is 1.26 bits per heavy atom. The smallest absolute Gasteiger partial charge is 0.412 e. The van der Waals surface area contributed by atoms with Gasteiger partial charge in [-0.15, -0.1) is 0 Å². The van der Waals surface area contributed by atoms with Crippen molar-refractivity contribution in [3.8, 4) is 0 Å². The Hall–Kier alpha value is -1.60. The summed E-state index contributed by atoms with van der Waals surface area (Å²) in [6, 6.07) is 3.63. The molecule has 7 heteroatoms. The Kier molecular flexibility index (Phi) is 5.97. The maximum absolute atomic E-state index is 12.4. The summed E-state index contributed by atoms with van der Waals surface area (Å²) in [7, 11) is 0. The van der Waals surface area contributed by atoms with Crippen molar-refractivity contribution in [2.45, 2.75) is 84.0 Å². The van der Waals surface area contributed by atoms with Crippen LogP contribution < -0.4 is 5.32 Å². The van der Waals surface area contributed by atoms with Crippen LogP contribution in [-0.4, -0.2) is 31.7 Å². The fourth-order valence-corrected chi connectivity index (χ4v) is 2.89. The molecule has 0 spiro atoms. The molecular formula is C20H31N3O3S. The summed E-state index contributed by atoms with van der Waals surface area (Å²) in [5.74, 6) is 0. The quantitative estimate of drug-likeness (QED) is 0.590. The van der Waals surface area contributed by atoms with Crippen LogP contribution >= 0.6 is 0 Å². The molecule has 6 nitrogen and oxygen atoms in total. The van der Waals surface area contributed by atoms with Crippen molar-refractivity contribution < 1.29 is 14.1 Å². The summed E-state index contributed by atoms with van der Waals surface area (Å²) in [5.41, 5.74) is 2.15. The summed E-state index contributed by atoms with van der Waals surface area (Å²) in [5, 5.41) is 2.79. The van der Waals surface area contributed by atoms with E-state index in [1.165, 1.54) is 0 Å². The van der Waals surface area contributed by atoms with Gasteiger partial charge in [0.15, 0.2) is 0 Å². The number of rotatable bonds is 4. The van der Waals surface area contributed by atoms with E-state index >= 15 is 0 Å². The lowest BCUT2D eigenvalue weighted by Crippen LogP contribution is -2.28. The zero-order valence-corrected chi connectivity index (χ0v) is 18.4. The topological polar surface area (TPSA) is 86.6 Å². The van der Waals surface area contributed by atoms with Crippen LogP contribution in [0.1, 0.15) is 79.6 Å². The maximum Gasteiger partial charge on any atom is 0.412 e. The molecule has 1 aliphatic carbocycles. The van der Waals surface area contributed by atoms with E-state index < -0.39 is 27.8 Å². The zero-order valence-electron chi connectivity index (χ0n) is 17.6. The predicted molar refractivity (Wildman–Crippen MR) is 111 cm³/mol. The fraction of sp³-hybridized carbons (Fsp3) is 0.650. The van der Waals surface area contributed by atoms with Crippen molar-refractivity contribution in [3.63, 3.8) is 0 Å². The molecule has 1 saturated carbocycles. The van der Waals surface area contributed by atoms with E-state index in [2.05, 4.69) is 16.6 Å². The van der Waals surface area contributed by atoms with Gasteiger partial charge in [-0.1, -0.05) is 11.3 Å². The number of anilines is 1. The average Bonchev–Trinajstić information content (AvgIpc) is 3.23. The number of nitrogens with one attached hydrogen (secondary N) is 1. The average molecular weight is 394 g/mol. The monoisotopic (exact) mass is 393 g/mol. The van der Waals surface area contributed by atoms with E-state index in [-0.39, 0.29) is 5.41 Å². The van der Waals surface area contributed by atoms with E-state index in [1.54, 1.807) is 13.0 Å². The Labute approximate surface area is 165 Å². The Morgan fingerprint density at radius 3 is 2.33 bits per heavy atom. The Balaban J connectivity index is 2.35. The van der Waals surface area contributed by atoms with E-state index in [1.807, 2.05) is 47.6 Å². The summed E-state index contributed by atoms with van der Waals surface area (Å²) >= 11 is -1.37. The van der Waals surface area contributed by atoms with Crippen LogP contribution in [0, 0.1) is 0 Å². The second-order valence-electron chi connectivity index (χ2n) is 9.35. The van der Waals surface area contributed by atoms with Crippen molar-refractivity contribution in [1.29, 1.82) is 0 Å². The van der Waals surface area contributed by atoms with E-state index in [9.17, 15) is 9.35 Å². The first-order chi connectivity index (χ1) is 12.2. The van der Waals surface area contributed by atoms with Gasteiger partial charge in [-0.3, -0.25) is 10.3 Å². The second-order valence-corrected chi connectivity index (χ2v) is 11.3. The fourth-order valence-electron chi connectivity index (χ4n) is 2.27. The highest BCUT2D eigenvalue weighted by Crippen LogP contribution is 2.47. The van der Waals surface area contributed by atoms with Crippen molar-refractivity contribution in [2.24, 2.45) is 4.40 Å². The van der Waals surface area contributed by atoms with Crippen LogP contribution in [0.25, 0.3) is 0 Å². The minimum absolute atomic E-state index is 0.0177. The number of hydrogen-bond donors (Lipinski definition) is 1. The number of carbonyl (C=O) groups is 1. The highest BCUT2D eigenvalue weighted by atomic mass is 32.2. The van der Waals surface area contributed by atoms with Crippen molar-refractivity contribution in [2.75, 3.05) is 5.32 Å². The summed E-state index contributed by atoms with van der Waals surface area (Å²) in [6.07, 6.45) is 1.60. The lowest BCUT2D eigenvalue weighted by Gasteiger charge is -2.21. The maximum atomic E-state index is 12.4. The molecular weight excluding hydrogens is 362 g/mol. The molecule has 0 bridgehead atoms. The molecule has 1 atom stereocenters. The Morgan fingerprint density at radius 2 is 1.85 bits per heavy atom. The van der Waals surface area contributed by atoms with Gasteiger partial charge in [0.05, 0.1) is 5.69 Å². The molecule has 1 fully saturated rings. The van der Waals surface area contributed by atoms with Crippen LogP contribution in [0.2, 0.25) is 0 Å². The summed E-state index contributed by atoms with van der Waals surface area (Å²) in [4.78, 5) is 16.9. The molecule has 150 valence electrons. The number of ether oxygens (including phenoxy) is 1. The third-order valence-corrected chi connectivity index (χ3v) is 5.69. The molecule has 1 N–H and O–H groups in total. The second kappa shape index (κ2) is 7.43. The minimum atomic E-state index is -1.37. The molecule has 1 unspecified atom stereocenters. The lowest BCUT2D eigenvalue weighted by atomic mass is 10.0. The molecule has 0 aromatic carbocycles. The van der Waals surface area contributed by atoms with Crippen molar-refractivity contribution >= 4 is 28.9 Å². The van der Waals surface area contributed by atoms with Crippen molar-refractivity contribution in [1.82, 2.24) is 4.98 Å². The SMILES string of the molecule is CC(=N[S+]([O-])C(C)(C)C)c1cc(NC(=O)OC(C)(C)C)cc(C2(C)CC2)n1. The molecule has 0 saturated heterocycles. The van der Waals surface area contributed by atoms with E-state index in [0.29, 0.717) is 17.1 Å². The van der Waals surface area contributed by atoms with Crippen LogP contribution in [-0.2, 0) is 21.5 Å². The van der Waals surface area contributed by atoms with Crippen LogP contribution in [0.15, 0.2) is 16.5 Å².